The molecule has 0 aromatic carbocycles. The molecule has 0 aromatic rings. The van der Waals surface area contributed by atoms with Crippen molar-refractivity contribution in [1.82, 2.24) is 4.90 Å². The van der Waals surface area contributed by atoms with Crippen molar-refractivity contribution in [3.8, 4) is 0 Å². The quantitative estimate of drug-likeness (QED) is 0.794. The minimum Gasteiger partial charge on any atom is -0.345 e. The van der Waals surface area contributed by atoms with Crippen molar-refractivity contribution in [1.29, 1.82) is 0 Å². The maximum atomic E-state index is 12.4. The summed E-state index contributed by atoms with van der Waals surface area (Å²) in [5.41, 5.74) is 5.63. The molecule has 0 aliphatic rings. The van der Waals surface area contributed by atoms with E-state index in [2.05, 4.69) is 0 Å². The lowest BCUT2D eigenvalue weighted by atomic mass is 10.0. The first-order valence-electron chi connectivity index (χ1n) is 5.92. The first kappa shape index (κ1) is 19.0. The molecule has 9 heteroatoms. The van der Waals surface area contributed by atoms with Gasteiger partial charge in [-0.3, -0.25) is 4.79 Å². The molecule has 0 aromatic heterocycles. The molecule has 0 spiro atoms. The Morgan fingerprint density at radius 1 is 1.10 bits per heavy atom. The predicted molar refractivity (Wildman–Crippen MR) is 60.7 cm³/mol. The van der Waals surface area contributed by atoms with Crippen molar-refractivity contribution < 1.29 is 31.1 Å². The van der Waals surface area contributed by atoms with Crippen LogP contribution < -0.4 is 5.73 Å². The lowest BCUT2D eigenvalue weighted by Crippen LogP contribution is -2.49. The van der Waals surface area contributed by atoms with Crippen LogP contribution >= 0.6 is 0 Å². The molecule has 0 saturated heterocycles. The van der Waals surface area contributed by atoms with E-state index in [-0.39, 0.29) is 18.9 Å². The van der Waals surface area contributed by atoms with Gasteiger partial charge in [0.15, 0.2) is 0 Å². The largest absolute Gasteiger partial charge is 0.409 e. The summed E-state index contributed by atoms with van der Waals surface area (Å²) in [7, 11) is 0.903. The van der Waals surface area contributed by atoms with E-state index in [0.717, 1.165) is 7.05 Å². The molecule has 0 heterocycles. The third-order valence-electron chi connectivity index (χ3n) is 2.93. The lowest BCUT2D eigenvalue weighted by Gasteiger charge is -2.28. The Balaban J connectivity index is 4.84. The molecule has 0 radical (unpaired) electrons. The molecule has 0 aliphatic carbocycles. The average Bonchev–Trinajstić information content (AvgIpc) is 2.20. The van der Waals surface area contributed by atoms with Gasteiger partial charge < -0.3 is 10.6 Å². The molecule has 120 valence electrons. The van der Waals surface area contributed by atoms with E-state index in [1.165, 1.54) is 0 Å². The van der Waals surface area contributed by atoms with E-state index in [1.54, 1.807) is 13.8 Å². The second-order valence-electron chi connectivity index (χ2n) is 4.97. The number of halogens is 6. The standard InChI is InChI=1S/C11H18F6N2O/c1-6(2)7(18)4-5-19(3)9(20)8(10(12,13)14)11(15,16)17/h6-8H,4-5,18H2,1-3H3. The van der Waals surface area contributed by atoms with Crippen LogP contribution in [0.25, 0.3) is 0 Å². The van der Waals surface area contributed by atoms with Crippen LogP contribution in [0.15, 0.2) is 0 Å². The fourth-order valence-corrected chi connectivity index (χ4v) is 1.47. The van der Waals surface area contributed by atoms with Crippen molar-refractivity contribution in [3.63, 3.8) is 0 Å². The number of carbonyl (C=O) groups is 1. The van der Waals surface area contributed by atoms with Crippen LogP contribution in [0, 0.1) is 11.8 Å². The number of rotatable bonds is 5. The van der Waals surface area contributed by atoms with Gasteiger partial charge in [0, 0.05) is 19.6 Å². The van der Waals surface area contributed by atoms with Gasteiger partial charge in [-0.05, 0) is 12.3 Å². The third-order valence-corrected chi connectivity index (χ3v) is 2.93. The van der Waals surface area contributed by atoms with Crippen LogP contribution in [0.1, 0.15) is 20.3 Å². The predicted octanol–water partition coefficient (Wildman–Crippen LogP) is 2.56. The van der Waals surface area contributed by atoms with E-state index in [1.807, 2.05) is 0 Å². The van der Waals surface area contributed by atoms with Gasteiger partial charge in [-0.25, -0.2) is 0 Å². The Morgan fingerprint density at radius 2 is 1.50 bits per heavy atom. The summed E-state index contributed by atoms with van der Waals surface area (Å²) in [4.78, 5) is 11.8. The van der Waals surface area contributed by atoms with Crippen LogP contribution in [-0.4, -0.2) is 42.8 Å². The molecule has 0 saturated carbocycles. The second kappa shape index (κ2) is 6.64. The first-order chi connectivity index (χ1) is 8.78. The highest BCUT2D eigenvalue weighted by atomic mass is 19.4. The van der Waals surface area contributed by atoms with Gasteiger partial charge in [0.1, 0.15) is 0 Å². The Kier molecular flexibility index (Phi) is 6.31. The number of hydrogen-bond acceptors (Lipinski definition) is 2. The SMILES string of the molecule is CC(C)C(N)CCN(C)C(=O)C(C(F)(F)F)C(F)(F)F. The lowest BCUT2D eigenvalue weighted by molar-refractivity contribution is -0.277. The van der Waals surface area contributed by atoms with E-state index >= 15 is 0 Å². The first-order valence-corrected chi connectivity index (χ1v) is 5.92. The minimum atomic E-state index is -5.66. The summed E-state index contributed by atoms with van der Waals surface area (Å²) < 4.78 is 74.2. The Morgan fingerprint density at radius 3 is 1.80 bits per heavy atom. The number of nitrogens with zero attached hydrogens (tertiary/aromatic N) is 1. The zero-order valence-corrected chi connectivity index (χ0v) is 11.3. The zero-order chi connectivity index (χ0) is 16.3. The summed E-state index contributed by atoms with van der Waals surface area (Å²) in [5.74, 6) is -5.99. The summed E-state index contributed by atoms with van der Waals surface area (Å²) in [6.07, 6.45) is -11.2. The Labute approximate surface area is 113 Å². The summed E-state index contributed by atoms with van der Waals surface area (Å²) >= 11 is 0. The van der Waals surface area contributed by atoms with Crippen molar-refractivity contribution in [2.75, 3.05) is 13.6 Å². The van der Waals surface area contributed by atoms with Crippen LogP contribution in [0.4, 0.5) is 26.3 Å². The van der Waals surface area contributed by atoms with Gasteiger partial charge in [0.25, 0.3) is 0 Å². The molecular formula is C11H18F6N2O. The van der Waals surface area contributed by atoms with Gasteiger partial charge in [0.2, 0.25) is 11.8 Å². The Hall–Kier alpha value is -0.990. The highest BCUT2D eigenvalue weighted by Gasteiger charge is 2.61. The summed E-state index contributed by atoms with van der Waals surface area (Å²) in [5, 5.41) is 0. The Bertz CT molecular complexity index is 312. The van der Waals surface area contributed by atoms with E-state index in [9.17, 15) is 31.1 Å². The van der Waals surface area contributed by atoms with Crippen molar-refractivity contribution in [2.45, 2.75) is 38.7 Å². The fourth-order valence-electron chi connectivity index (χ4n) is 1.47. The van der Waals surface area contributed by atoms with E-state index in [0.29, 0.717) is 4.90 Å². The monoisotopic (exact) mass is 308 g/mol. The van der Waals surface area contributed by atoms with Crippen LogP contribution in [0.5, 0.6) is 0 Å². The van der Waals surface area contributed by atoms with Gasteiger partial charge >= 0.3 is 12.4 Å². The van der Waals surface area contributed by atoms with Gasteiger partial charge in [-0.15, -0.1) is 0 Å². The van der Waals surface area contributed by atoms with Crippen molar-refractivity contribution in [3.05, 3.63) is 0 Å². The molecule has 1 unspecified atom stereocenters. The topological polar surface area (TPSA) is 46.3 Å². The maximum absolute atomic E-state index is 12.4. The fraction of sp³-hybridized carbons (Fsp3) is 0.909. The number of nitrogens with two attached hydrogens (primary N) is 1. The van der Waals surface area contributed by atoms with Crippen LogP contribution in [-0.2, 0) is 4.79 Å². The number of alkyl halides is 6. The number of amides is 1. The summed E-state index contributed by atoms with van der Waals surface area (Å²) in [6.45, 7) is 3.27. The molecule has 3 nitrogen and oxygen atoms in total. The molecule has 1 atom stereocenters. The van der Waals surface area contributed by atoms with Gasteiger partial charge in [-0.2, -0.15) is 26.3 Å². The molecule has 0 rings (SSSR count). The number of hydrogen-bond donors (Lipinski definition) is 1. The van der Waals surface area contributed by atoms with Crippen LogP contribution in [0.3, 0.4) is 0 Å². The highest BCUT2D eigenvalue weighted by Crippen LogP contribution is 2.40. The smallest absolute Gasteiger partial charge is 0.345 e. The normalized spacial score (nSPS) is 14.8. The number of carbonyl (C=O) groups excluding carboxylic acids is 1. The van der Waals surface area contributed by atoms with Gasteiger partial charge in [-0.1, -0.05) is 13.8 Å². The van der Waals surface area contributed by atoms with Crippen LogP contribution in [0.2, 0.25) is 0 Å². The van der Waals surface area contributed by atoms with E-state index < -0.39 is 30.2 Å². The molecular weight excluding hydrogens is 290 g/mol. The zero-order valence-electron chi connectivity index (χ0n) is 11.3. The molecule has 0 bridgehead atoms. The second-order valence-corrected chi connectivity index (χ2v) is 4.97. The average molecular weight is 308 g/mol. The minimum absolute atomic E-state index is 0.0135. The summed E-state index contributed by atoms with van der Waals surface area (Å²) in [6, 6.07) is -0.402. The van der Waals surface area contributed by atoms with E-state index in [4.69, 9.17) is 5.73 Å². The van der Waals surface area contributed by atoms with Crippen molar-refractivity contribution >= 4 is 5.91 Å². The van der Waals surface area contributed by atoms with Gasteiger partial charge in [0.05, 0.1) is 0 Å². The maximum Gasteiger partial charge on any atom is 0.409 e. The molecule has 1 amide bonds. The third kappa shape index (κ3) is 5.56. The molecule has 20 heavy (non-hydrogen) atoms. The highest BCUT2D eigenvalue weighted by molar-refractivity contribution is 5.80. The van der Waals surface area contributed by atoms with Crippen molar-refractivity contribution in [2.24, 2.45) is 17.6 Å². The molecule has 2 N–H and O–H groups in total. The molecule has 0 fully saturated rings. The molecule has 0 aliphatic heterocycles.